The fraction of sp³-hybridized carbons (Fsp3) is 0.706. The molecule has 0 spiro atoms. The summed E-state index contributed by atoms with van der Waals surface area (Å²) in [6.07, 6.45) is 3.18. The molecule has 2 fully saturated rings. The first kappa shape index (κ1) is 25.0. The van der Waals surface area contributed by atoms with Gasteiger partial charge in [0.05, 0.1) is 19.0 Å². The number of aliphatic hydroxyl groups excluding tert-OH is 1. The van der Waals surface area contributed by atoms with Crippen molar-refractivity contribution in [3.8, 4) is 0 Å². The summed E-state index contributed by atoms with van der Waals surface area (Å²) in [5.41, 5.74) is 0.876. The number of nitrogens with zero attached hydrogens (tertiary/aromatic N) is 5. The zero-order chi connectivity index (χ0) is 24.0. The third kappa shape index (κ3) is 5.75. The van der Waals surface area contributed by atoms with Gasteiger partial charge in [-0.05, 0) is 24.4 Å². The lowest BCUT2D eigenvalue weighted by Crippen LogP contribution is -2.30. The van der Waals surface area contributed by atoms with Gasteiger partial charge in [-0.1, -0.05) is 12.8 Å². The van der Waals surface area contributed by atoms with E-state index in [1.165, 1.54) is 10.9 Å². The first-order valence-corrected chi connectivity index (χ1v) is 14.3. The lowest BCUT2D eigenvalue weighted by molar-refractivity contribution is -0.0465. The van der Waals surface area contributed by atoms with Crippen molar-refractivity contribution < 1.29 is 38.2 Å². The average molecular weight is 526 g/mol. The minimum absolute atomic E-state index is 0.0233. The summed E-state index contributed by atoms with van der Waals surface area (Å²) in [5.74, 6) is -0.709. The van der Waals surface area contributed by atoms with Crippen LogP contribution >= 0.6 is 26.8 Å². The van der Waals surface area contributed by atoms with E-state index in [9.17, 15) is 19.1 Å². The molecule has 0 bridgehead atoms. The molecule has 2 aromatic heterocycles. The fourth-order valence-corrected chi connectivity index (χ4v) is 7.08. The lowest BCUT2D eigenvalue weighted by Gasteiger charge is -2.25. The Morgan fingerprint density at radius 3 is 2.64 bits per heavy atom. The van der Waals surface area contributed by atoms with Crippen molar-refractivity contribution in [2.45, 2.75) is 56.6 Å². The summed E-state index contributed by atoms with van der Waals surface area (Å²) in [4.78, 5) is 42.5. The Bertz CT molecular complexity index is 1110. The van der Waals surface area contributed by atoms with Gasteiger partial charge in [0.25, 0.3) is 0 Å². The number of aromatic nitrogens is 4. The Morgan fingerprint density at radius 1 is 1.27 bits per heavy atom. The van der Waals surface area contributed by atoms with E-state index in [0.29, 0.717) is 23.0 Å². The predicted octanol–water partition coefficient (Wildman–Crippen LogP) is 1.84. The highest BCUT2D eigenvalue weighted by molar-refractivity contribution is 7.70. The normalized spacial score (nSPS) is 26.2. The van der Waals surface area contributed by atoms with E-state index < -0.39 is 46.1 Å². The molecule has 1 unspecified atom stereocenters. The molecule has 2 aliphatic rings. The summed E-state index contributed by atoms with van der Waals surface area (Å²) >= 11 is 6.19. The highest BCUT2D eigenvalue weighted by atomic mass is 35.5. The lowest BCUT2D eigenvalue weighted by atomic mass is 10.2. The number of halogens is 1. The number of hydrogen-bond donors (Lipinski definition) is 4. The van der Waals surface area contributed by atoms with Crippen LogP contribution in [0.4, 0.5) is 5.82 Å². The van der Waals surface area contributed by atoms with Crippen LogP contribution < -0.4 is 4.90 Å². The van der Waals surface area contributed by atoms with Crippen molar-refractivity contribution in [2.75, 3.05) is 24.5 Å². The quantitative estimate of drug-likeness (QED) is 0.290. The molecule has 0 aromatic carbocycles. The zero-order valence-corrected chi connectivity index (χ0v) is 20.3. The molecule has 1 aliphatic carbocycles. The highest BCUT2D eigenvalue weighted by Gasteiger charge is 2.39. The zero-order valence-electron chi connectivity index (χ0n) is 17.8. The van der Waals surface area contributed by atoms with Crippen LogP contribution in [0.2, 0.25) is 5.28 Å². The monoisotopic (exact) mass is 525 g/mol. The summed E-state index contributed by atoms with van der Waals surface area (Å²) in [6, 6.07) is 0.321. The second kappa shape index (κ2) is 9.49. The van der Waals surface area contributed by atoms with Gasteiger partial charge in [0.1, 0.15) is 6.10 Å². The van der Waals surface area contributed by atoms with Crippen LogP contribution in [0.3, 0.4) is 0 Å². The minimum atomic E-state index is -4.74. The predicted molar refractivity (Wildman–Crippen MR) is 118 cm³/mol. The summed E-state index contributed by atoms with van der Waals surface area (Å²) in [6.45, 7) is -0.431. The number of aliphatic hydroxyl groups is 1. The Kier molecular flexibility index (Phi) is 7.18. The Morgan fingerprint density at radius 2 is 1.97 bits per heavy atom. The third-order valence-electron chi connectivity index (χ3n) is 5.85. The van der Waals surface area contributed by atoms with Gasteiger partial charge in [0, 0.05) is 19.5 Å². The van der Waals surface area contributed by atoms with E-state index in [1.807, 2.05) is 11.9 Å². The molecule has 4 atom stereocenters. The first-order valence-electron chi connectivity index (χ1n) is 10.4. The molecule has 1 saturated heterocycles. The maximum Gasteiger partial charge on any atom is 0.340 e. The van der Waals surface area contributed by atoms with Crippen molar-refractivity contribution in [3.05, 3.63) is 11.6 Å². The van der Waals surface area contributed by atoms with Gasteiger partial charge in [-0.15, -0.1) is 0 Å². The van der Waals surface area contributed by atoms with Crippen molar-refractivity contribution in [1.82, 2.24) is 19.5 Å². The number of anilines is 1. The molecule has 4 N–H and O–H groups in total. The molecule has 1 aliphatic heterocycles. The summed E-state index contributed by atoms with van der Waals surface area (Å²) in [5, 5.41) is 10.6. The first-order chi connectivity index (χ1) is 15.4. The van der Waals surface area contributed by atoms with E-state index in [-0.39, 0.29) is 11.7 Å². The van der Waals surface area contributed by atoms with Crippen molar-refractivity contribution in [2.24, 2.45) is 0 Å². The second-order valence-corrected chi connectivity index (χ2v) is 12.7. The van der Waals surface area contributed by atoms with Gasteiger partial charge < -0.3 is 33.9 Å². The molecular formula is C17H26ClN5O8P2. The summed E-state index contributed by atoms with van der Waals surface area (Å²) in [7, 11) is -7.33. The van der Waals surface area contributed by atoms with Gasteiger partial charge in [-0.2, -0.15) is 9.97 Å². The number of hydrogen-bond acceptors (Lipinski definition) is 9. The minimum Gasteiger partial charge on any atom is -0.388 e. The van der Waals surface area contributed by atoms with Crippen LogP contribution in [0.15, 0.2) is 6.33 Å². The van der Waals surface area contributed by atoms with Crippen LogP contribution in [0.25, 0.3) is 11.2 Å². The molecular weight excluding hydrogens is 500 g/mol. The van der Waals surface area contributed by atoms with Crippen LogP contribution in [0.5, 0.6) is 0 Å². The van der Waals surface area contributed by atoms with Gasteiger partial charge in [-0.3, -0.25) is 13.7 Å². The van der Waals surface area contributed by atoms with Crippen LogP contribution in [0, 0.1) is 0 Å². The third-order valence-corrected chi connectivity index (χ3v) is 9.47. The average Bonchev–Trinajstić information content (AvgIpc) is 3.43. The Balaban J connectivity index is 1.52. The van der Waals surface area contributed by atoms with Gasteiger partial charge in [0.15, 0.2) is 29.1 Å². The molecule has 33 heavy (non-hydrogen) atoms. The van der Waals surface area contributed by atoms with E-state index in [2.05, 4.69) is 15.0 Å². The number of imidazole rings is 1. The van der Waals surface area contributed by atoms with Crippen molar-refractivity contribution in [1.29, 1.82) is 0 Å². The molecule has 1 saturated carbocycles. The molecule has 184 valence electrons. The second-order valence-electron chi connectivity index (χ2n) is 8.38. The van der Waals surface area contributed by atoms with Gasteiger partial charge in [-0.25, -0.2) is 4.98 Å². The topological polar surface area (TPSA) is 180 Å². The Hall–Kier alpha value is -1.14. The van der Waals surface area contributed by atoms with E-state index in [1.54, 1.807) is 0 Å². The van der Waals surface area contributed by atoms with Crippen LogP contribution in [-0.4, -0.2) is 77.1 Å². The van der Waals surface area contributed by atoms with Gasteiger partial charge >= 0.3 is 15.2 Å². The maximum absolute atomic E-state index is 11.9. The maximum atomic E-state index is 11.9. The van der Waals surface area contributed by atoms with Crippen LogP contribution in [0.1, 0.15) is 38.3 Å². The van der Waals surface area contributed by atoms with E-state index >= 15 is 0 Å². The standard InChI is InChI=1S/C17H26ClN5O8P2/c1-22(10-4-2-3-5-10)14-13-15(21-17(18)20-14)23(8-19-13)16-12(24)6-11(31-16)7-30-33(28,29)9-32(25,26)27/h8,10-12,16,24H,2-7,9H2,1H3,(H,28,29)(H2,25,26,27)/t11-,12+,16+/m0/s1. The summed E-state index contributed by atoms with van der Waals surface area (Å²) < 4.78 is 35.0. The molecule has 3 heterocycles. The largest absolute Gasteiger partial charge is 0.388 e. The number of ether oxygens (including phenoxy) is 1. The smallest absolute Gasteiger partial charge is 0.340 e. The molecule has 16 heteroatoms. The van der Waals surface area contributed by atoms with E-state index in [4.69, 9.17) is 30.6 Å². The fourth-order valence-electron chi connectivity index (χ4n) is 4.33. The van der Waals surface area contributed by atoms with E-state index in [0.717, 1.165) is 25.7 Å². The molecule has 13 nitrogen and oxygen atoms in total. The Labute approximate surface area is 194 Å². The number of fused-ring (bicyclic) bond motifs is 1. The molecule has 2 aromatic rings. The molecule has 0 radical (unpaired) electrons. The SMILES string of the molecule is CN(c1nc(Cl)nc2c1ncn2[C@@H]1O[C@H](COP(=O)(O)CP(=O)(O)O)C[C@H]1O)C1CCCC1. The molecule has 4 rings (SSSR count). The van der Waals surface area contributed by atoms with Gasteiger partial charge in [0.2, 0.25) is 5.28 Å². The van der Waals surface area contributed by atoms with Crippen molar-refractivity contribution >= 4 is 43.8 Å². The van der Waals surface area contributed by atoms with Crippen LogP contribution in [-0.2, 0) is 18.4 Å². The highest BCUT2D eigenvalue weighted by Crippen LogP contribution is 2.55. The number of rotatable bonds is 8. The molecule has 0 amide bonds. The van der Waals surface area contributed by atoms with Crippen molar-refractivity contribution in [3.63, 3.8) is 0 Å².